The Bertz CT molecular complexity index is 334. The van der Waals surface area contributed by atoms with E-state index in [2.05, 4.69) is 0 Å². The monoisotopic (exact) mass is 193 g/mol. The van der Waals surface area contributed by atoms with Gasteiger partial charge < -0.3 is 10.0 Å². The van der Waals surface area contributed by atoms with Gasteiger partial charge >= 0.3 is 0 Å². The highest BCUT2D eigenvalue weighted by molar-refractivity contribution is 5.95. The maximum atomic E-state index is 11.4. The summed E-state index contributed by atoms with van der Waals surface area (Å²) in [5.41, 5.74) is 1.89. The van der Waals surface area contributed by atoms with Gasteiger partial charge in [-0.25, -0.2) is 0 Å². The molecule has 14 heavy (non-hydrogen) atoms. The molecular formula is C11H15NO2. The van der Waals surface area contributed by atoms with Crippen LogP contribution in [0.15, 0.2) is 24.3 Å². The van der Waals surface area contributed by atoms with Crippen molar-refractivity contribution in [1.82, 2.24) is 0 Å². The fraction of sp³-hybridized carbons (Fsp3) is 0.364. The zero-order chi connectivity index (χ0) is 10.7. The molecule has 1 aromatic rings. The van der Waals surface area contributed by atoms with E-state index in [9.17, 15) is 4.79 Å². The van der Waals surface area contributed by atoms with Crippen LogP contribution < -0.4 is 4.90 Å². The molecule has 0 aromatic heterocycles. The molecule has 1 aromatic carbocycles. The SMILES string of the molecule is Cc1cccc(N(C)C(=O)C(C)O)c1. The Labute approximate surface area is 84.0 Å². The third-order valence-corrected chi connectivity index (χ3v) is 2.08. The number of aryl methyl sites for hydroxylation is 1. The lowest BCUT2D eigenvalue weighted by Crippen LogP contribution is -2.34. The second kappa shape index (κ2) is 4.24. The number of anilines is 1. The van der Waals surface area contributed by atoms with Crippen molar-refractivity contribution in [3.63, 3.8) is 0 Å². The van der Waals surface area contributed by atoms with Gasteiger partial charge in [0, 0.05) is 12.7 Å². The molecular weight excluding hydrogens is 178 g/mol. The molecule has 0 radical (unpaired) electrons. The Kier molecular flexibility index (Phi) is 3.25. The largest absolute Gasteiger partial charge is 0.384 e. The van der Waals surface area contributed by atoms with Gasteiger partial charge in [-0.15, -0.1) is 0 Å². The zero-order valence-electron chi connectivity index (χ0n) is 8.69. The summed E-state index contributed by atoms with van der Waals surface area (Å²) < 4.78 is 0. The average Bonchev–Trinajstić information content (AvgIpc) is 2.15. The first-order chi connectivity index (χ1) is 6.52. The number of rotatable bonds is 2. The zero-order valence-corrected chi connectivity index (χ0v) is 8.69. The lowest BCUT2D eigenvalue weighted by atomic mass is 10.2. The van der Waals surface area contributed by atoms with Gasteiger partial charge in [-0.3, -0.25) is 4.79 Å². The minimum atomic E-state index is -0.958. The lowest BCUT2D eigenvalue weighted by molar-refractivity contribution is -0.125. The van der Waals surface area contributed by atoms with Crippen LogP contribution >= 0.6 is 0 Å². The Morgan fingerprint density at radius 3 is 2.64 bits per heavy atom. The van der Waals surface area contributed by atoms with Crippen molar-refractivity contribution >= 4 is 11.6 Å². The number of aliphatic hydroxyl groups excluding tert-OH is 1. The number of likely N-dealkylation sites (N-methyl/N-ethyl adjacent to an activating group) is 1. The summed E-state index contributed by atoms with van der Waals surface area (Å²) in [5, 5.41) is 9.13. The summed E-state index contributed by atoms with van der Waals surface area (Å²) in [5.74, 6) is -0.296. The average molecular weight is 193 g/mol. The topological polar surface area (TPSA) is 40.5 Å². The van der Waals surface area contributed by atoms with Gasteiger partial charge in [0.2, 0.25) is 0 Å². The van der Waals surface area contributed by atoms with Crippen LogP contribution in [-0.4, -0.2) is 24.2 Å². The van der Waals surface area contributed by atoms with Crippen LogP contribution in [0, 0.1) is 6.92 Å². The van der Waals surface area contributed by atoms with E-state index in [1.807, 2.05) is 31.2 Å². The van der Waals surface area contributed by atoms with E-state index in [-0.39, 0.29) is 5.91 Å². The molecule has 1 atom stereocenters. The van der Waals surface area contributed by atoms with Crippen LogP contribution in [0.5, 0.6) is 0 Å². The van der Waals surface area contributed by atoms with E-state index < -0.39 is 6.10 Å². The molecule has 0 aliphatic carbocycles. The molecule has 76 valence electrons. The van der Waals surface area contributed by atoms with Crippen molar-refractivity contribution in [2.24, 2.45) is 0 Å². The number of carbonyl (C=O) groups excluding carboxylic acids is 1. The van der Waals surface area contributed by atoms with Gasteiger partial charge in [0.05, 0.1) is 0 Å². The van der Waals surface area contributed by atoms with Crippen molar-refractivity contribution in [1.29, 1.82) is 0 Å². The minimum Gasteiger partial charge on any atom is -0.384 e. The van der Waals surface area contributed by atoms with E-state index in [1.165, 1.54) is 11.8 Å². The molecule has 0 heterocycles. The van der Waals surface area contributed by atoms with Crippen LogP contribution in [0.25, 0.3) is 0 Å². The molecule has 3 nitrogen and oxygen atoms in total. The van der Waals surface area contributed by atoms with Crippen molar-refractivity contribution in [2.75, 3.05) is 11.9 Å². The van der Waals surface area contributed by atoms with E-state index >= 15 is 0 Å². The van der Waals surface area contributed by atoms with E-state index in [1.54, 1.807) is 7.05 Å². The maximum Gasteiger partial charge on any atom is 0.255 e. The van der Waals surface area contributed by atoms with E-state index in [0.29, 0.717) is 0 Å². The smallest absolute Gasteiger partial charge is 0.255 e. The molecule has 0 saturated heterocycles. The molecule has 0 aliphatic heterocycles. The molecule has 1 rings (SSSR count). The highest BCUT2D eigenvalue weighted by Crippen LogP contribution is 2.14. The van der Waals surface area contributed by atoms with Crippen LogP contribution in [0.2, 0.25) is 0 Å². The van der Waals surface area contributed by atoms with Crippen LogP contribution in [-0.2, 0) is 4.79 Å². The van der Waals surface area contributed by atoms with Crippen molar-refractivity contribution in [3.05, 3.63) is 29.8 Å². The molecule has 1 N–H and O–H groups in total. The van der Waals surface area contributed by atoms with Crippen LogP contribution in [0.4, 0.5) is 5.69 Å². The number of amides is 1. The molecule has 1 unspecified atom stereocenters. The quantitative estimate of drug-likeness (QED) is 0.770. The van der Waals surface area contributed by atoms with Gasteiger partial charge in [0.25, 0.3) is 5.91 Å². The van der Waals surface area contributed by atoms with Crippen LogP contribution in [0.1, 0.15) is 12.5 Å². The number of benzene rings is 1. The molecule has 0 aliphatic rings. The van der Waals surface area contributed by atoms with Gasteiger partial charge in [0.1, 0.15) is 6.10 Å². The summed E-state index contributed by atoms with van der Waals surface area (Å²) in [6.07, 6.45) is -0.958. The molecule has 0 fully saturated rings. The Morgan fingerprint density at radius 1 is 1.50 bits per heavy atom. The van der Waals surface area contributed by atoms with Gasteiger partial charge in [-0.2, -0.15) is 0 Å². The third kappa shape index (κ3) is 2.33. The summed E-state index contributed by atoms with van der Waals surface area (Å²) >= 11 is 0. The highest BCUT2D eigenvalue weighted by Gasteiger charge is 2.15. The van der Waals surface area contributed by atoms with Gasteiger partial charge in [-0.05, 0) is 31.5 Å². The second-order valence-electron chi connectivity index (χ2n) is 3.41. The van der Waals surface area contributed by atoms with Crippen molar-refractivity contribution in [3.8, 4) is 0 Å². The normalized spacial score (nSPS) is 12.3. The van der Waals surface area contributed by atoms with Crippen LogP contribution in [0.3, 0.4) is 0 Å². The predicted octanol–water partition coefficient (Wildman–Crippen LogP) is 1.34. The van der Waals surface area contributed by atoms with E-state index in [4.69, 9.17) is 5.11 Å². The third-order valence-electron chi connectivity index (χ3n) is 2.08. The maximum absolute atomic E-state index is 11.4. The first-order valence-corrected chi connectivity index (χ1v) is 4.54. The first kappa shape index (κ1) is 10.7. The van der Waals surface area contributed by atoms with Crippen molar-refractivity contribution in [2.45, 2.75) is 20.0 Å². The van der Waals surface area contributed by atoms with Gasteiger partial charge in [0.15, 0.2) is 0 Å². The molecule has 0 spiro atoms. The minimum absolute atomic E-state index is 0.296. The first-order valence-electron chi connectivity index (χ1n) is 4.54. The molecule has 3 heteroatoms. The summed E-state index contributed by atoms with van der Waals surface area (Å²) in [4.78, 5) is 12.9. The summed E-state index contributed by atoms with van der Waals surface area (Å²) in [7, 11) is 1.66. The number of nitrogens with zero attached hydrogens (tertiary/aromatic N) is 1. The fourth-order valence-corrected chi connectivity index (χ4v) is 1.24. The fourth-order valence-electron chi connectivity index (χ4n) is 1.24. The number of aliphatic hydroxyl groups is 1. The lowest BCUT2D eigenvalue weighted by Gasteiger charge is -2.19. The standard InChI is InChI=1S/C11H15NO2/c1-8-5-4-6-10(7-8)12(3)11(14)9(2)13/h4-7,9,13H,1-3H3. The summed E-state index contributed by atoms with van der Waals surface area (Å²) in [6, 6.07) is 7.59. The number of hydrogen-bond acceptors (Lipinski definition) is 2. The number of carbonyl (C=O) groups is 1. The predicted molar refractivity (Wildman–Crippen MR) is 56.3 cm³/mol. The molecule has 0 bridgehead atoms. The summed E-state index contributed by atoms with van der Waals surface area (Å²) in [6.45, 7) is 3.43. The van der Waals surface area contributed by atoms with Gasteiger partial charge in [-0.1, -0.05) is 12.1 Å². The highest BCUT2D eigenvalue weighted by atomic mass is 16.3. The molecule has 1 amide bonds. The molecule has 0 saturated carbocycles. The van der Waals surface area contributed by atoms with E-state index in [0.717, 1.165) is 11.3 Å². The Morgan fingerprint density at radius 2 is 2.14 bits per heavy atom. The van der Waals surface area contributed by atoms with Crippen molar-refractivity contribution < 1.29 is 9.90 Å². The Balaban J connectivity index is 2.89. The number of hydrogen-bond donors (Lipinski definition) is 1. The Hall–Kier alpha value is -1.35. The second-order valence-corrected chi connectivity index (χ2v) is 3.41.